The first-order valence-corrected chi connectivity index (χ1v) is 10.9. The maximum Gasteiger partial charge on any atom is 0.233 e. The summed E-state index contributed by atoms with van der Waals surface area (Å²) in [6.45, 7) is 5.92. The fourth-order valence-corrected chi connectivity index (χ4v) is 4.00. The van der Waals surface area contributed by atoms with Crippen LogP contribution in [0.4, 0.5) is 0 Å². The second-order valence-electron chi connectivity index (χ2n) is 6.72. The zero-order chi connectivity index (χ0) is 19.6. The fraction of sp³-hybridized carbons (Fsp3) is 0.429. The van der Waals surface area contributed by atoms with Crippen LogP contribution in [-0.4, -0.2) is 65.8 Å². The Morgan fingerprint density at radius 1 is 1.14 bits per heavy atom. The Hall–Kier alpha value is -1.60. The van der Waals surface area contributed by atoms with Crippen LogP contribution in [0, 0.1) is 0 Å². The SMILES string of the molecule is O=C(CSc1ccc(Cl)cc1)N(CCCN1CCOCC1)Cc1ccncc1. The number of carbonyl (C=O) groups is 1. The monoisotopic (exact) mass is 419 g/mol. The van der Waals surface area contributed by atoms with E-state index in [9.17, 15) is 4.79 Å². The van der Waals surface area contributed by atoms with Crippen molar-refractivity contribution >= 4 is 29.3 Å². The number of morpholine rings is 1. The molecule has 0 bridgehead atoms. The fourth-order valence-electron chi connectivity index (χ4n) is 3.08. The van der Waals surface area contributed by atoms with Gasteiger partial charge in [0.25, 0.3) is 0 Å². The molecule has 0 aliphatic carbocycles. The van der Waals surface area contributed by atoms with Crippen LogP contribution in [0.15, 0.2) is 53.7 Å². The Balaban J connectivity index is 1.54. The molecule has 0 radical (unpaired) electrons. The van der Waals surface area contributed by atoms with E-state index in [2.05, 4.69) is 9.88 Å². The maximum absolute atomic E-state index is 12.9. The summed E-state index contributed by atoms with van der Waals surface area (Å²) in [4.78, 5) is 22.4. The second-order valence-corrected chi connectivity index (χ2v) is 8.21. The topological polar surface area (TPSA) is 45.7 Å². The number of pyridine rings is 1. The lowest BCUT2D eigenvalue weighted by molar-refractivity contribution is -0.129. The van der Waals surface area contributed by atoms with Gasteiger partial charge in [-0.3, -0.25) is 14.7 Å². The van der Waals surface area contributed by atoms with Crippen LogP contribution in [-0.2, 0) is 16.1 Å². The quantitative estimate of drug-likeness (QED) is 0.581. The van der Waals surface area contributed by atoms with E-state index in [0.29, 0.717) is 17.3 Å². The van der Waals surface area contributed by atoms with Gasteiger partial charge >= 0.3 is 0 Å². The molecule has 5 nitrogen and oxygen atoms in total. The molecule has 1 aromatic heterocycles. The van der Waals surface area contributed by atoms with Gasteiger partial charge in [0.15, 0.2) is 0 Å². The Kier molecular flexibility index (Phi) is 8.61. The molecule has 2 aromatic rings. The normalized spacial score (nSPS) is 14.8. The molecule has 28 heavy (non-hydrogen) atoms. The number of hydrogen-bond donors (Lipinski definition) is 0. The number of amides is 1. The first-order chi connectivity index (χ1) is 13.7. The molecule has 0 spiro atoms. The van der Waals surface area contributed by atoms with Crippen molar-refractivity contribution in [3.05, 3.63) is 59.4 Å². The number of carbonyl (C=O) groups excluding carboxylic acids is 1. The molecule has 0 N–H and O–H groups in total. The Labute approximate surface area is 176 Å². The van der Waals surface area contributed by atoms with E-state index >= 15 is 0 Å². The summed E-state index contributed by atoms with van der Waals surface area (Å²) in [6, 6.07) is 11.5. The van der Waals surface area contributed by atoms with E-state index in [-0.39, 0.29) is 5.91 Å². The molecule has 1 aliphatic heterocycles. The number of thioether (sulfide) groups is 1. The van der Waals surface area contributed by atoms with Gasteiger partial charge in [-0.05, 0) is 48.4 Å². The average Bonchev–Trinajstić information content (AvgIpc) is 2.74. The summed E-state index contributed by atoms with van der Waals surface area (Å²) >= 11 is 7.48. The van der Waals surface area contributed by atoms with E-state index in [0.717, 1.165) is 56.3 Å². The van der Waals surface area contributed by atoms with E-state index in [4.69, 9.17) is 16.3 Å². The van der Waals surface area contributed by atoms with Gasteiger partial charge in [0, 0.05) is 55.0 Å². The van der Waals surface area contributed by atoms with E-state index in [1.807, 2.05) is 41.3 Å². The van der Waals surface area contributed by atoms with Gasteiger partial charge in [-0.2, -0.15) is 0 Å². The predicted molar refractivity (Wildman–Crippen MR) is 114 cm³/mol. The molecule has 150 valence electrons. The first-order valence-electron chi connectivity index (χ1n) is 9.56. The average molecular weight is 420 g/mol. The van der Waals surface area contributed by atoms with Crippen molar-refractivity contribution in [1.29, 1.82) is 0 Å². The van der Waals surface area contributed by atoms with Crippen molar-refractivity contribution < 1.29 is 9.53 Å². The number of aromatic nitrogens is 1. The minimum absolute atomic E-state index is 0.152. The van der Waals surface area contributed by atoms with Crippen LogP contribution in [0.5, 0.6) is 0 Å². The van der Waals surface area contributed by atoms with E-state index < -0.39 is 0 Å². The van der Waals surface area contributed by atoms with Crippen molar-refractivity contribution in [2.24, 2.45) is 0 Å². The molecular weight excluding hydrogens is 394 g/mol. The summed E-state index contributed by atoms with van der Waals surface area (Å²) in [5, 5.41) is 0.707. The standard InChI is InChI=1S/C21H26ClN3O2S/c22-19-2-4-20(5-3-19)28-17-21(26)25(16-18-6-8-23-9-7-18)11-1-10-24-12-14-27-15-13-24/h2-9H,1,10-17H2. The van der Waals surface area contributed by atoms with Crippen LogP contribution in [0.1, 0.15) is 12.0 Å². The predicted octanol–water partition coefficient (Wildman–Crippen LogP) is 3.58. The van der Waals surface area contributed by atoms with Gasteiger partial charge in [0.1, 0.15) is 0 Å². The van der Waals surface area contributed by atoms with Crippen LogP contribution >= 0.6 is 23.4 Å². The Morgan fingerprint density at radius 2 is 1.86 bits per heavy atom. The smallest absolute Gasteiger partial charge is 0.233 e. The third kappa shape index (κ3) is 7.09. The molecule has 1 fully saturated rings. The molecule has 0 unspecified atom stereocenters. The summed E-state index contributed by atoms with van der Waals surface area (Å²) in [5.41, 5.74) is 1.10. The summed E-state index contributed by atoms with van der Waals surface area (Å²) in [6.07, 6.45) is 4.50. The largest absolute Gasteiger partial charge is 0.379 e. The van der Waals surface area contributed by atoms with Gasteiger partial charge < -0.3 is 9.64 Å². The number of rotatable bonds is 9. The highest BCUT2D eigenvalue weighted by molar-refractivity contribution is 8.00. The highest BCUT2D eigenvalue weighted by atomic mass is 35.5. The summed E-state index contributed by atoms with van der Waals surface area (Å²) < 4.78 is 5.40. The number of hydrogen-bond acceptors (Lipinski definition) is 5. The molecule has 1 amide bonds. The molecule has 1 aliphatic rings. The zero-order valence-electron chi connectivity index (χ0n) is 15.9. The van der Waals surface area contributed by atoms with Crippen molar-refractivity contribution in [1.82, 2.24) is 14.8 Å². The lowest BCUT2D eigenvalue weighted by atomic mass is 10.2. The third-order valence-corrected chi connectivity index (χ3v) is 5.91. The molecule has 1 saturated heterocycles. The van der Waals surface area contributed by atoms with Crippen LogP contribution in [0.25, 0.3) is 0 Å². The van der Waals surface area contributed by atoms with Crippen molar-refractivity contribution in [3.8, 4) is 0 Å². The van der Waals surface area contributed by atoms with E-state index in [1.54, 1.807) is 24.2 Å². The summed E-state index contributed by atoms with van der Waals surface area (Å²) in [7, 11) is 0. The molecule has 0 saturated carbocycles. The summed E-state index contributed by atoms with van der Waals surface area (Å²) in [5.74, 6) is 0.573. The molecule has 3 rings (SSSR count). The lowest BCUT2D eigenvalue weighted by Gasteiger charge is -2.28. The van der Waals surface area contributed by atoms with Crippen LogP contribution in [0.3, 0.4) is 0 Å². The molecular formula is C21H26ClN3O2S. The Bertz CT molecular complexity index is 724. The van der Waals surface area contributed by atoms with Gasteiger partial charge in [-0.25, -0.2) is 0 Å². The Morgan fingerprint density at radius 3 is 2.57 bits per heavy atom. The zero-order valence-corrected chi connectivity index (χ0v) is 17.5. The maximum atomic E-state index is 12.9. The third-order valence-electron chi connectivity index (χ3n) is 4.66. The first kappa shape index (κ1) is 21.1. The molecule has 0 atom stereocenters. The van der Waals surface area contributed by atoms with Gasteiger partial charge in [0.2, 0.25) is 5.91 Å². The molecule has 2 heterocycles. The number of halogens is 1. The van der Waals surface area contributed by atoms with Gasteiger partial charge in [0.05, 0.1) is 19.0 Å². The van der Waals surface area contributed by atoms with Gasteiger partial charge in [-0.1, -0.05) is 11.6 Å². The van der Waals surface area contributed by atoms with Crippen molar-refractivity contribution in [2.75, 3.05) is 45.1 Å². The lowest BCUT2D eigenvalue weighted by Crippen LogP contribution is -2.39. The van der Waals surface area contributed by atoms with E-state index in [1.165, 1.54) is 0 Å². The highest BCUT2D eigenvalue weighted by Gasteiger charge is 2.16. The van der Waals surface area contributed by atoms with Crippen LogP contribution < -0.4 is 0 Å². The highest BCUT2D eigenvalue weighted by Crippen LogP contribution is 2.21. The molecule has 1 aromatic carbocycles. The number of benzene rings is 1. The number of nitrogens with zero attached hydrogens (tertiary/aromatic N) is 3. The van der Waals surface area contributed by atoms with Crippen molar-refractivity contribution in [3.63, 3.8) is 0 Å². The molecule has 7 heteroatoms. The minimum Gasteiger partial charge on any atom is -0.379 e. The number of ether oxygens (including phenoxy) is 1. The van der Waals surface area contributed by atoms with Gasteiger partial charge in [-0.15, -0.1) is 11.8 Å². The van der Waals surface area contributed by atoms with Crippen LogP contribution in [0.2, 0.25) is 5.02 Å². The second kappa shape index (κ2) is 11.4. The van der Waals surface area contributed by atoms with Crippen molar-refractivity contribution in [2.45, 2.75) is 17.9 Å². The minimum atomic E-state index is 0.152.